The van der Waals surface area contributed by atoms with Crippen LogP contribution in [0.4, 0.5) is 0 Å². The van der Waals surface area contributed by atoms with Gasteiger partial charge in [-0.1, -0.05) is 0 Å². The van der Waals surface area contributed by atoms with Crippen molar-refractivity contribution in [1.82, 2.24) is 0 Å². The third-order valence-electron chi connectivity index (χ3n) is 0.953. The van der Waals surface area contributed by atoms with E-state index in [0.29, 0.717) is 12.2 Å². The highest BCUT2D eigenvalue weighted by molar-refractivity contribution is 4.40. The highest BCUT2D eigenvalue weighted by Gasteiger charge is 1.94. The molecule has 3 nitrogen and oxygen atoms in total. The zero-order valence-corrected chi connectivity index (χ0v) is 11.5. The Bertz CT molecular complexity index is 74.9. The topological polar surface area (TPSA) is 38.7 Å². The van der Waals surface area contributed by atoms with Crippen molar-refractivity contribution >= 4 is 0 Å². The molecule has 0 spiro atoms. The van der Waals surface area contributed by atoms with Gasteiger partial charge in [-0.05, 0) is 48.5 Å². The van der Waals surface area contributed by atoms with Gasteiger partial charge in [-0.15, -0.1) is 0 Å². The van der Waals surface area contributed by atoms with Gasteiger partial charge in [0.15, 0.2) is 0 Å². The zero-order chi connectivity index (χ0) is 12.7. The molecular weight excluding hydrogens is 192 g/mol. The summed E-state index contributed by atoms with van der Waals surface area (Å²) in [6, 6.07) is 0. The lowest BCUT2D eigenvalue weighted by Gasteiger charge is -2.09. The molecule has 0 aliphatic rings. The molecular formula is C12H30O3. The largest absolute Gasteiger partial charge is 0.397 e. The van der Waals surface area contributed by atoms with Gasteiger partial charge in [0.25, 0.3) is 0 Å². The second-order valence-corrected chi connectivity index (χ2v) is 3.33. The Labute approximate surface area is 95.8 Å². The van der Waals surface area contributed by atoms with E-state index < -0.39 is 0 Å². The fourth-order valence-corrected chi connectivity index (χ4v) is 0.748. The fraction of sp³-hybridized carbons (Fsp3) is 1.00. The normalized spacial score (nSPS) is 9.20. The van der Waals surface area contributed by atoms with E-state index in [2.05, 4.69) is 0 Å². The molecule has 0 saturated heterocycles. The SMILES string of the molecule is CC(C)OC(C)C.CCO.CCOCC. The molecule has 1 N–H and O–H groups in total. The van der Waals surface area contributed by atoms with Crippen LogP contribution in [0.1, 0.15) is 48.5 Å². The van der Waals surface area contributed by atoms with Crippen molar-refractivity contribution < 1.29 is 14.6 Å². The Morgan fingerprint density at radius 1 is 0.867 bits per heavy atom. The monoisotopic (exact) mass is 222 g/mol. The van der Waals surface area contributed by atoms with Crippen LogP contribution in [0.3, 0.4) is 0 Å². The first-order chi connectivity index (χ1) is 6.95. The molecule has 0 fully saturated rings. The van der Waals surface area contributed by atoms with Gasteiger partial charge in [0.05, 0.1) is 12.2 Å². The minimum Gasteiger partial charge on any atom is -0.397 e. The Balaban J connectivity index is -0.000000158. The summed E-state index contributed by atoms with van der Waals surface area (Å²) in [5, 5.41) is 7.57. The molecule has 15 heavy (non-hydrogen) atoms. The number of aliphatic hydroxyl groups is 1. The van der Waals surface area contributed by atoms with Crippen molar-refractivity contribution in [3.8, 4) is 0 Å². The fourth-order valence-electron chi connectivity index (χ4n) is 0.748. The summed E-state index contributed by atoms with van der Waals surface area (Å²) >= 11 is 0. The molecule has 0 unspecified atom stereocenters. The van der Waals surface area contributed by atoms with Crippen molar-refractivity contribution in [1.29, 1.82) is 0 Å². The van der Waals surface area contributed by atoms with Crippen LogP contribution in [0.5, 0.6) is 0 Å². The van der Waals surface area contributed by atoms with Crippen molar-refractivity contribution in [2.24, 2.45) is 0 Å². The molecule has 0 saturated carbocycles. The average molecular weight is 222 g/mol. The molecule has 96 valence electrons. The predicted octanol–water partition coefficient (Wildman–Crippen LogP) is 2.86. The number of hydrogen-bond donors (Lipinski definition) is 1. The lowest BCUT2D eigenvalue weighted by molar-refractivity contribution is 0.0300. The van der Waals surface area contributed by atoms with Gasteiger partial charge >= 0.3 is 0 Å². The predicted molar refractivity (Wildman–Crippen MR) is 66.3 cm³/mol. The van der Waals surface area contributed by atoms with Crippen LogP contribution >= 0.6 is 0 Å². The summed E-state index contributed by atoms with van der Waals surface area (Å²) < 4.78 is 10.1. The van der Waals surface area contributed by atoms with Crippen molar-refractivity contribution in [3.05, 3.63) is 0 Å². The highest BCUT2D eigenvalue weighted by atomic mass is 16.5. The van der Waals surface area contributed by atoms with E-state index in [1.54, 1.807) is 6.92 Å². The van der Waals surface area contributed by atoms with E-state index in [1.165, 1.54) is 0 Å². The van der Waals surface area contributed by atoms with E-state index in [0.717, 1.165) is 13.2 Å². The summed E-state index contributed by atoms with van der Waals surface area (Å²) in [5.41, 5.74) is 0. The Morgan fingerprint density at radius 2 is 1.13 bits per heavy atom. The van der Waals surface area contributed by atoms with Crippen LogP contribution in [-0.2, 0) is 9.47 Å². The second-order valence-electron chi connectivity index (χ2n) is 3.33. The number of ether oxygens (including phenoxy) is 2. The number of hydrogen-bond acceptors (Lipinski definition) is 3. The quantitative estimate of drug-likeness (QED) is 0.795. The molecule has 0 aromatic rings. The third-order valence-corrected chi connectivity index (χ3v) is 0.953. The number of rotatable bonds is 4. The maximum atomic E-state index is 7.57. The Hall–Kier alpha value is -0.120. The molecule has 0 amide bonds. The summed E-state index contributed by atoms with van der Waals surface area (Å²) in [7, 11) is 0. The van der Waals surface area contributed by atoms with E-state index in [1.807, 2.05) is 41.5 Å². The molecule has 0 atom stereocenters. The average Bonchev–Trinajstić information content (AvgIpc) is 2.05. The highest BCUT2D eigenvalue weighted by Crippen LogP contribution is 1.93. The molecule has 0 aromatic heterocycles. The van der Waals surface area contributed by atoms with Gasteiger partial charge in [-0.2, -0.15) is 0 Å². The maximum absolute atomic E-state index is 7.57. The first-order valence-electron chi connectivity index (χ1n) is 5.80. The molecule has 0 bridgehead atoms. The molecule has 3 heteroatoms. The van der Waals surface area contributed by atoms with Crippen LogP contribution in [0, 0.1) is 0 Å². The minimum atomic E-state index is 0.250. The van der Waals surface area contributed by atoms with Gasteiger partial charge in [0.2, 0.25) is 0 Å². The van der Waals surface area contributed by atoms with Crippen LogP contribution in [0.15, 0.2) is 0 Å². The van der Waals surface area contributed by atoms with Gasteiger partial charge in [-0.25, -0.2) is 0 Å². The first kappa shape index (κ1) is 20.3. The third kappa shape index (κ3) is 56.7. The van der Waals surface area contributed by atoms with E-state index in [4.69, 9.17) is 14.6 Å². The van der Waals surface area contributed by atoms with Crippen LogP contribution in [0.2, 0.25) is 0 Å². The van der Waals surface area contributed by atoms with Gasteiger partial charge in [0, 0.05) is 19.8 Å². The molecule has 0 heterocycles. The maximum Gasteiger partial charge on any atom is 0.0522 e. The Kier molecular flexibility index (Phi) is 26.3. The van der Waals surface area contributed by atoms with E-state index >= 15 is 0 Å². The molecule has 0 rings (SSSR count). The second kappa shape index (κ2) is 19.5. The Morgan fingerprint density at radius 3 is 1.13 bits per heavy atom. The zero-order valence-electron chi connectivity index (χ0n) is 11.5. The van der Waals surface area contributed by atoms with E-state index in [-0.39, 0.29) is 6.61 Å². The molecule has 0 aliphatic heterocycles. The lowest BCUT2D eigenvalue weighted by Crippen LogP contribution is -2.09. The summed E-state index contributed by atoms with van der Waals surface area (Å²) in [6.45, 7) is 15.8. The van der Waals surface area contributed by atoms with Crippen LogP contribution in [-0.4, -0.2) is 37.1 Å². The molecule has 0 aliphatic carbocycles. The van der Waals surface area contributed by atoms with Gasteiger partial charge in [-0.3, -0.25) is 0 Å². The smallest absolute Gasteiger partial charge is 0.0522 e. The molecule has 0 radical (unpaired) electrons. The van der Waals surface area contributed by atoms with Crippen molar-refractivity contribution in [2.45, 2.75) is 60.7 Å². The standard InChI is InChI=1S/C6H14O.C4H10O.C2H6O/c1-5(2)7-6(3)4;1-3-5-4-2;1-2-3/h5-6H,1-4H3;3-4H2,1-2H3;3H,2H2,1H3. The van der Waals surface area contributed by atoms with Gasteiger partial charge in [0.1, 0.15) is 0 Å². The lowest BCUT2D eigenvalue weighted by atomic mass is 10.4. The first-order valence-corrected chi connectivity index (χ1v) is 5.80. The summed E-state index contributed by atoms with van der Waals surface area (Å²) in [6.07, 6.45) is 0.750. The molecule has 0 aromatic carbocycles. The summed E-state index contributed by atoms with van der Waals surface area (Å²) in [4.78, 5) is 0. The summed E-state index contributed by atoms with van der Waals surface area (Å²) in [5.74, 6) is 0. The van der Waals surface area contributed by atoms with Gasteiger partial charge < -0.3 is 14.6 Å². The number of aliphatic hydroxyl groups excluding tert-OH is 1. The minimum absolute atomic E-state index is 0.250. The van der Waals surface area contributed by atoms with Crippen molar-refractivity contribution in [2.75, 3.05) is 19.8 Å². The van der Waals surface area contributed by atoms with Crippen LogP contribution < -0.4 is 0 Å². The van der Waals surface area contributed by atoms with Crippen molar-refractivity contribution in [3.63, 3.8) is 0 Å². The van der Waals surface area contributed by atoms with Crippen LogP contribution in [0.25, 0.3) is 0 Å². The van der Waals surface area contributed by atoms with E-state index in [9.17, 15) is 0 Å².